The van der Waals surface area contributed by atoms with Crippen LogP contribution in [0.4, 0.5) is 4.39 Å². The van der Waals surface area contributed by atoms with Crippen LogP contribution in [-0.2, 0) is 11.2 Å². The average molecular weight is 421 g/mol. The predicted octanol–water partition coefficient (Wildman–Crippen LogP) is 4.96. The number of amides is 1. The first-order valence-electron chi connectivity index (χ1n) is 12.0. The molecule has 5 atom stereocenters. The summed E-state index contributed by atoms with van der Waals surface area (Å²) in [5.41, 5.74) is 3.48. The SMILES string of the molecule is CCC1CC2CNCC(C2)C1CC(=O)N1CCc2ccccc2[C@@H]1c1ccc(F)cc1. The van der Waals surface area contributed by atoms with E-state index in [-0.39, 0.29) is 17.8 Å². The van der Waals surface area contributed by atoms with E-state index in [0.29, 0.717) is 24.2 Å². The smallest absolute Gasteiger partial charge is 0.223 e. The molecular weight excluding hydrogens is 387 g/mol. The van der Waals surface area contributed by atoms with Crippen molar-refractivity contribution in [1.29, 1.82) is 0 Å². The quantitative estimate of drug-likeness (QED) is 0.758. The number of hydrogen-bond acceptors (Lipinski definition) is 2. The lowest BCUT2D eigenvalue weighted by Gasteiger charge is -2.46. The molecule has 5 rings (SSSR count). The summed E-state index contributed by atoms with van der Waals surface area (Å²) >= 11 is 0. The molecule has 3 aliphatic rings. The lowest BCUT2D eigenvalue weighted by Crippen LogP contribution is -2.49. The van der Waals surface area contributed by atoms with Gasteiger partial charge in [0.1, 0.15) is 5.82 Å². The number of fused-ring (bicyclic) bond motifs is 3. The van der Waals surface area contributed by atoms with Crippen LogP contribution >= 0.6 is 0 Å². The molecule has 2 aliphatic heterocycles. The van der Waals surface area contributed by atoms with Crippen molar-refractivity contribution in [3.05, 3.63) is 71.0 Å². The largest absolute Gasteiger partial charge is 0.331 e. The van der Waals surface area contributed by atoms with E-state index in [1.54, 1.807) is 0 Å². The van der Waals surface area contributed by atoms with Gasteiger partial charge in [-0.15, -0.1) is 0 Å². The van der Waals surface area contributed by atoms with Crippen LogP contribution in [0.15, 0.2) is 48.5 Å². The van der Waals surface area contributed by atoms with E-state index in [0.717, 1.165) is 44.0 Å². The Kier molecular flexibility index (Phi) is 5.83. The van der Waals surface area contributed by atoms with Crippen molar-refractivity contribution in [2.45, 2.75) is 45.1 Å². The van der Waals surface area contributed by atoms with Crippen LogP contribution < -0.4 is 5.32 Å². The van der Waals surface area contributed by atoms with E-state index in [9.17, 15) is 9.18 Å². The summed E-state index contributed by atoms with van der Waals surface area (Å²) in [5, 5.41) is 3.61. The number of hydrogen-bond donors (Lipinski definition) is 1. The zero-order chi connectivity index (χ0) is 21.4. The highest BCUT2D eigenvalue weighted by atomic mass is 19.1. The average Bonchev–Trinajstić information content (AvgIpc) is 2.80. The van der Waals surface area contributed by atoms with Crippen molar-refractivity contribution in [2.24, 2.45) is 23.7 Å². The molecule has 1 amide bonds. The molecule has 164 valence electrons. The van der Waals surface area contributed by atoms with Gasteiger partial charge in [-0.3, -0.25) is 4.79 Å². The van der Waals surface area contributed by atoms with Crippen LogP contribution in [0.25, 0.3) is 0 Å². The Morgan fingerprint density at radius 3 is 2.71 bits per heavy atom. The van der Waals surface area contributed by atoms with Crippen molar-refractivity contribution < 1.29 is 9.18 Å². The zero-order valence-corrected chi connectivity index (χ0v) is 18.4. The first-order chi connectivity index (χ1) is 15.1. The maximum atomic E-state index is 13.8. The Morgan fingerprint density at radius 1 is 1.10 bits per heavy atom. The molecule has 3 nitrogen and oxygen atoms in total. The molecule has 1 saturated heterocycles. The van der Waals surface area contributed by atoms with Gasteiger partial charge in [0, 0.05) is 13.0 Å². The first kappa shape index (κ1) is 20.7. The highest BCUT2D eigenvalue weighted by Crippen LogP contribution is 2.44. The fourth-order valence-corrected chi connectivity index (χ4v) is 6.52. The maximum Gasteiger partial charge on any atom is 0.223 e. The van der Waals surface area contributed by atoms with Crippen LogP contribution in [0.3, 0.4) is 0 Å². The van der Waals surface area contributed by atoms with Gasteiger partial charge in [-0.05, 0) is 84.8 Å². The van der Waals surface area contributed by atoms with Gasteiger partial charge in [-0.1, -0.05) is 49.7 Å². The van der Waals surface area contributed by atoms with E-state index in [1.165, 1.54) is 36.1 Å². The fraction of sp³-hybridized carbons (Fsp3) is 0.519. The lowest BCUT2D eigenvalue weighted by atomic mass is 9.64. The number of benzene rings is 2. The number of halogens is 1. The molecule has 2 bridgehead atoms. The second-order valence-electron chi connectivity index (χ2n) is 9.78. The molecule has 0 radical (unpaired) electrons. The summed E-state index contributed by atoms with van der Waals surface area (Å²) in [6.45, 7) is 5.21. The van der Waals surface area contributed by atoms with E-state index >= 15 is 0 Å². The molecule has 4 unspecified atom stereocenters. The van der Waals surface area contributed by atoms with Gasteiger partial charge in [0.05, 0.1) is 6.04 Å². The number of rotatable bonds is 4. The van der Waals surface area contributed by atoms with Crippen LogP contribution in [0.2, 0.25) is 0 Å². The monoisotopic (exact) mass is 420 g/mol. The van der Waals surface area contributed by atoms with Gasteiger partial charge in [0.25, 0.3) is 0 Å². The third-order valence-corrected chi connectivity index (χ3v) is 8.05. The van der Waals surface area contributed by atoms with Crippen LogP contribution in [0.1, 0.15) is 55.3 Å². The fourth-order valence-electron chi connectivity index (χ4n) is 6.52. The Morgan fingerprint density at radius 2 is 1.90 bits per heavy atom. The number of carbonyl (C=O) groups excluding carboxylic acids is 1. The minimum atomic E-state index is -0.238. The molecule has 2 fully saturated rings. The molecule has 2 aromatic carbocycles. The van der Waals surface area contributed by atoms with Crippen LogP contribution in [0.5, 0.6) is 0 Å². The molecule has 1 N–H and O–H groups in total. The van der Waals surface area contributed by atoms with E-state index in [1.807, 2.05) is 18.2 Å². The van der Waals surface area contributed by atoms with E-state index in [2.05, 4.69) is 35.3 Å². The molecule has 4 heteroatoms. The number of piperidine rings is 1. The zero-order valence-electron chi connectivity index (χ0n) is 18.4. The Bertz CT molecular complexity index is 925. The maximum absolute atomic E-state index is 13.8. The summed E-state index contributed by atoms with van der Waals surface area (Å²) in [5.74, 6) is 2.53. The minimum Gasteiger partial charge on any atom is -0.331 e. The second kappa shape index (κ2) is 8.74. The third kappa shape index (κ3) is 4.03. The third-order valence-electron chi connectivity index (χ3n) is 8.05. The first-order valence-corrected chi connectivity index (χ1v) is 12.0. The molecule has 0 aromatic heterocycles. The Hall–Kier alpha value is -2.20. The van der Waals surface area contributed by atoms with Crippen LogP contribution in [0, 0.1) is 29.5 Å². The van der Waals surface area contributed by atoms with E-state index in [4.69, 9.17) is 0 Å². The summed E-state index contributed by atoms with van der Waals surface area (Å²) in [6.07, 6.45) is 5.20. The summed E-state index contributed by atoms with van der Waals surface area (Å²) < 4.78 is 13.6. The summed E-state index contributed by atoms with van der Waals surface area (Å²) in [6, 6.07) is 15.0. The second-order valence-corrected chi connectivity index (χ2v) is 9.78. The van der Waals surface area contributed by atoms with Gasteiger partial charge in [-0.2, -0.15) is 0 Å². The summed E-state index contributed by atoms with van der Waals surface area (Å²) in [4.78, 5) is 15.9. The van der Waals surface area contributed by atoms with Gasteiger partial charge >= 0.3 is 0 Å². The standard InChI is InChI=1S/C27H33FN2O/c1-2-19-13-18-14-22(17-29-16-18)25(19)15-26(31)30-12-11-20-5-3-4-6-24(20)27(30)21-7-9-23(28)10-8-21/h3-10,18-19,22,25,27,29H,2,11-17H2,1H3/t18?,19?,22?,25?,27-/m0/s1. The Balaban J connectivity index is 1.43. The number of carbonyl (C=O) groups is 1. The highest BCUT2D eigenvalue weighted by Gasteiger charge is 2.41. The van der Waals surface area contributed by atoms with E-state index < -0.39 is 0 Å². The van der Waals surface area contributed by atoms with Crippen molar-refractivity contribution in [3.63, 3.8) is 0 Å². The molecule has 0 spiro atoms. The highest BCUT2D eigenvalue weighted by molar-refractivity contribution is 5.78. The lowest BCUT2D eigenvalue weighted by molar-refractivity contribution is -0.136. The predicted molar refractivity (Wildman–Crippen MR) is 121 cm³/mol. The van der Waals surface area contributed by atoms with Crippen molar-refractivity contribution in [3.8, 4) is 0 Å². The molecule has 31 heavy (non-hydrogen) atoms. The van der Waals surface area contributed by atoms with Crippen molar-refractivity contribution in [1.82, 2.24) is 10.2 Å². The minimum absolute atomic E-state index is 0.126. The molecule has 2 heterocycles. The molecular formula is C27H33FN2O. The molecule has 1 aliphatic carbocycles. The van der Waals surface area contributed by atoms with Crippen molar-refractivity contribution >= 4 is 5.91 Å². The van der Waals surface area contributed by atoms with Gasteiger partial charge in [0.2, 0.25) is 5.91 Å². The van der Waals surface area contributed by atoms with Gasteiger partial charge in [0.15, 0.2) is 0 Å². The number of nitrogens with one attached hydrogen (secondary N) is 1. The Labute approximate surface area is 185 Å². The van der Waals surface area contributed by atoms with Gasteiger partial charge < -0.3 is 10.2 Å². The molecule has 2 aromatic rings. The number of nitrogens with zero attached hydrogens (tertiary/aromatic N) is 1. The van der Waals surface area contributed by atoms with Gasteiger partial charge in [-0.25, -0.2) is 4.39 Å². The van der Waals surface area contributed by atoms with Crippen molar-refractivity contribution in [2.75, 3.05) is 19.6 Å². The topological polar surface area (TPSA) is 32.3 Å². The summed E-state index contributed by atoms with van der Waals surface area (Å²) in [7, 11) is 0. The molecule has 1 saturated carbocycles. The van der Waals surface area contributed by atoms with Crippen LogP contribution in [-0.4, -0.2) is 30.4 Å². The normalized spacial score (nSPS) is 30.0.